The summed E-state index contributed by atoms with van der Waals surface area (Å²) in [5.74, 6) is -0.147. The summed E-state index contributed by atoms with van der Waals surface area (Å²) in [5.41, 5.74) is -0.0359. The van der Waals surface area contributed by atoms with Gasteiger partial charge in [-0.05, 0) is 25.5 Å². The summed E-state index contributed by atoms with van der Waals surface area (Å²) >= 11 is 0. The number of amides is 2. The summed E-state index contributed by atoms with van der Waals surface area (Å²) < 4.78 is 4.93. The van der Waals surface area contributed by atoms with Crippen molar-refractivity contribution in [1.82, 2.24) is 15.2 Å². The second-order valence-corrected chi connectivity index (χ2v) is 5.32. The van der Waals surface area contributed by atoms with Crippen LogP contribution in [0.2, 0.25) is 0 Å². The maximum atomic E-state index is 12.4. The molecule has 2 heterocycles. The fraction of sp³-hybridized carbons (Fsp3) is 0.533. The lowest BCUT2D eigenvalue weighted by Crippen LogP contribution is -2.54. The minimum atomic E-state index is -0.817. The van der Waals surface area contributed by atoms with E-state index in [1.165, 1.54) is 0 Å². The molecular weight excluding hydrogens is 270 g/mol. The Morgan fingerprint density at radius 3 is 3.00 bits per heavy atom. The maximum absolute atomic E-state index is 12.4. The van der Waals surface area contributed by atoms with Crippen molar-refractivity contribution in [3.05, 3.63) is 30.1 Å². The molecule has 1 saturated heterocycles. The maximum Gasteiger partial charge on any atom is 0.245 e. The molecule has 1 atom stereocenters. The smallest absolute Gasteiger partial charge is 0.245 e. The van der Waals surface area contributed by atoms with E-state index in [4.69, 9.17) is 4.74 Å². The third kappa shape index (κ3) is 3.39. The molecule has 21 heavy (non-hydrogen) atoms. The molecule has 2 rings (SSSR count). The van der Waals surface area contributed by atoms with Gasteiger partial charge in [0.15, 0.2) is 0 Å². The molecule has 1 aromatic heterocycles. The van der Waals surface area contributed by atoms with Crippen LogP contribution in [0, 0.1) is 0 Å². The molecule has 0 saturated carbocycles. The molecule has 1 aliphatic rings. The van der Waals surface area contributed by atoms with Gasteiger partial charge < -0.3 is 15.0 Å². The summed E-state index contributed by atoms with van der Waals surface area (Å²) in [5, 5.41) is 2.82. The highest BCUT2D eigenvalue weighted by molar-refractivity contribution is 5.94. The number of nitrogens with zero attached hydrogens (tertiary/aromatic N) is 2. The number of methoxy groups -OCH3 is 1. The summed E-state index contributed by atoms with van der Waals surface area (Å²) in [4.78, 5) is 30.4. The van der Waals surface area contributed by atoms with Gasteiger partial charge in [-0.15, -0.1) is 0 Å². The lowest BCUT2D eigenvalue weighted by molar-refractivity contribution is -0.141. The monoisotopic (exact) mass is 291 g/mol. The van der Waals surface area contributed by atoms with Gasteiger partial charge in [0.1, 0.15) is 5.54 Å². The number of hydrogen-bond acceptors (Lipinski definition) is 4. The Bertz CT molecular complexity index is 506. The van der Waals surface area contributed by atoms with Crippen molar-refractivity contribution in [3.8, 4) is 0 Å². The van der Waals surface area contributed by atoms with Crippen molar-refractivity contribution in [1.29, 1.82) is 0 Å². The largest absolute Gasteiger partial charge is 0.383 e. The topological polar surface area (TPSA) is 71.5 Å². The van der Waals surface area contributed by atoms with Gasteiger partial charge in [0, 0.05) is 26.3 Å². The zero-order valence-corrected chi connectivity index (χ0v) is 12.5. The molecule has 0 radical (unpaired) electrons. The number of aromatic nitrogens is 1. The van der Waals surface area contributed by atoms with Gasteiger partial charge in [-0.1, -0.05) is 6.07 Å². The van der Waals surface area contributed by atoms with Gasteiger partial charge >= 0.3 is 0 Å². The van der Waals surface area contributed by atoms with E-state index < -0.39 is 5.54 Å². The van der Waals surface area contributed by atoms with E-state index in [1.807, 2.05) is 25.1 Å². The summed E-state index contributed by atoms with van der Waals surface area (Å²) in [6, 6.07) is 5.56. The number of ether oxygens (including phenoxy) is 1. The zero-order valence-electron chi connectivity index (χ0n) is 12.5. The molecule has 6 heteroatoms. The number of carbonyl (C=O) groups excluding carboxylic acids is 2. The molecule has 1 aliphatic heterocycles. The van der Waals surface area contributed by atoms with Crippen molar-refractivity contribution < 1.29 is 14.3 Å². The van der Waals surface area contributed by atoms with Crippen LogP contribution in [-0.2, 0) is 20.9 Å². The van der Waals surface area contributed by atoms with Crippen LogP contribution in [-0.4, -0.2) is 47.5 Å². The predicted octanol–water partition coefficient (Wildman–Crippen LogP) is 0.725. The first kappa shape index (κ1) is 15.4. The van der Waals surface area contributed by atoms with E-state index in [0.717, 1.165) is 5.69 Å². The molecule has 1 unspecified atom stereocenters. The third-order valence-corrected chi connectivity index (χ3v) is 3.85. The Balaban J connectivity index is 2.09. The second kappa shape index (κ2) is 6.67. The normalized spacial score (nSPS) is 21.6. The van der Waals surface area contributed by atoms with Crippen LogP contribution >= 0.6 is 0 Å². The van der Waals surface area contributed by atoms with E-state index >= 15 is 0 Å². The number of likely N-dealkylation sites (tertiary alicyclic amines) is 1. The Morgan fingerprint density at radius 1 is 1.52 bits per heavy atom. The Morgan fingerprint density at radius 2 is 2.33 bits per heavy atom. The number of carbonyl (C=O) groups is 2. The molecule has 0 bridgehead atoms. The van der Waals surface area contributed by atoms with Crippen LogP contribution in [0.25, 0.3) is 0 Å². The first-order valence-electron chi connectivity index (χ1n) is 7.05. The van der Waals surface area contributed by atoms with E-state index in [1.54, 1.807) is 18.2 Å². The second-order valence-electron chi connectivity index (χ2n) is 5.32. The molecule has 1 aromatic rings. The molecule has 1 N–H and O–H groups in total. The highest BCUT2D eigenvalue weighted by Gasteiger charge is 2.47. The van der Waals surface area contributed by atoms with Crippen molar-refractivity contribution in [2.24, 2.45) is 0 Å². The predicted molar refractivity (Wildman–Crippen MR) is 77.3 cm³/mol. The van der Waals surface area contributed by atoms with E-state index in [9.17, 15) is 9.59 Å². The lowest BCUT2D eigenvalue weighted by atomic mass is 9.97. The van der Waals surface area contributed by atoms with Crippen LogP contribution in [0.15, 0.2) is 24.4 Å². The van der Waals surface area contributed by atoms with Crippen LogP contribution < -0.4 is 5.32 Å². The highest BCUT2D eigenvalue weighted by atomic mass is 16.5. The molecule has 114 valence electrons. The Hall–Kier alpha value is -1.95. The molecule has 0 aliphatic carbocycles. The average Bonchev–Trinajstić information content (AvgIpc) is 2.78. The van der Waals surface area contributed by atoms with Gasteiger partial charge in [-0.2, -0.15) is 0 Å². The zero-order chi connectivity index (χ0) is 15.3. The van der Waals surface area contributed by atoms with Crippen LogP contribution in [0.3, 0.4) is 0 Å². The Kier molecular flexibility index (Phi) is 4.90. The number of hydrogen-bond donors (Lipinski definition) is 1. The molecular formula is C15H21N3O3. The summed E-state index contributed by atoms with van der Waals surface area (Å²) in [6.07, 6.45) is 2.60. The van der Waals surface area contributed by atoms with E-state index in [0.29, 0.717) is 32.5 Å². The van der Waals surface area contributed by atoms with Crippen molar-refractivity contribution in [2.75, 3.05) is 20.3 Å². The van der Waals surface area contributed by atoms with Crippen LogP contribution in [0.1, 0.15) is 25.5 Å². The van der Waals surface area contributed by atoms with Gasteiger partial charge in [-0.3, -0.25) is 14.6 Å². The lowest BCUT2D eigenvalue weighted by Gasteiger charge is -2.33. The van der Waals surface area contributed by atoms with Crippen LogP contribution in [0.4, 0.5) is 0 Å². The minimum Gasteiger partial charge on any atom is -0.383 e. The van der Waals surface area contributed by atoms with Crippen molar-refractivity contribution in [3.63, 3.8) is 0 Å². The Labute approximate surface area is 124 Å². The van der Waals surface area contributed by atoms with Crippen molar-refractivity contribution in [2.45, 2.75) is 31.8 Å². The standard InChI is InChI=1S/C15H21N3O3/c1-15(14(20)17-9-10-21-2)7-6-13(19)18(15)11-12-5-3-4-8-16-12/h3-5,8H,6-7,9-11H2,1-2H3,(H,17,20). The van der Waals surface area contributed by atoms with E-state index in [2.05, 4.69) is 10.3 Å². The fourth-order valence-electron chi connectivity index (χ4n) is 2.50. The van der Waals surface area contributed by atoms with Crippen molar-refractivity contribution >= 4 is 11.8 Å². The van der Waals surface area contributed by atoms with Gasteiger partial charge in [0.05, 0.1) is 18.8 Å². The SMILES string of the molecule is COCCNC(=O)C1(C)CCC(=O)N1Cc1ccccn1. The van der Waals surface area contributed by atoms with Crippen LogP contribution in [0.5, 0.6) is 0 Å². The molecule has 2 amide bonds. The highest BCUT2D eigenvalue weighted by Crippen LogP contribution is 2.31. The first-order valence-corrected chi connectivity index (χ1v) is 7.05. The third-order valence-electron chi connectivity index (χ3n) is 3.85. The fourth-order valence-corrected chi connectivity index (χ4v) is 2.50. The first-order chi connectivity index (χ1) is 10.1. The molecule has 6 nitrogen and oxygen atoms in total. The van der Waals surface area contributed by atoms with Gasteiger partial charge in [0.25, 0.3) is 0 Å². The quantitative estimate of drug-likeness (QED) is 0.784. The number of nitrogens with one attached hydrogen (secondary N) is 1. The molecule has 1 fully saturated rings. The van der Waals surface area contributed by atoms with Gasteiger partial charge in [-0.25, -0.2) is 0 Å². The minimum absolute atomic E-state index is 0.00922. The average molecular weight is 291 g/mol. The van der Waals surface area contributed by atoms with E-state index in [-0.39, 0.29) is 11.8 Å². The molecule has 0 spiro atoms. The number of rotatable bonds is 6. The molecule has 0 aromatic carbocycles. The summed E-state index contributed by atoms with van der Waals surface area (Å²) in [7, 11) is 1.58. The number of pyridine rings is 1. The summed E-state index contributed by atoms with van der Waals surface area (Å²) in [6.45, 7) is 3.06. The van der Waals surface area contributed by atoms with Gasteiger partial charge in [0.2, 0.25) is 11.8 Å².